The third-order valence-electron chi connectivity index (χ3n) is 2.64. The van der Waals surface area contributed by atoms with Gasteiger partial charge in [-0.1, -0.05) is 0 Å². The van der Waals surface area contributed by atoms with E-state index in [9.17, 15) is 8.78 Å². The van der Waals surface area contributed by atoms with Crippen molar-refractivity contribution in [3.63, 3.8) is 0 Å². The van der Waals surface area contributed by atoms with E-state index in [1.54, 1.807) is 0 Å². The van der Waals surface area contributed by atoms with E-state index >= 15 is 0 Å². The third-order valence-corrected chi connectivity index (χ3v) is 2.64. The lowest BCUT2D eigenvalue weighted by atomic mass is 9.95. The van der Waals surface area contributed by atoms with E-state index in [-0.39, 0.29) is 18.7 Å². The normalized spacial score (nSPS) is 39.8. The minimum Gasteiger partial charge on any atom is -0.373 e. The molecule has 0 radical (unpaired) electrons. The third kappa shape index (κ3) is 1.59. The Morgan fingerprint density at radius 3 is 2.75 bits per heavy atom. The van der Waals surface area contributed by atoms with Crippen molar-refractivity contribution >= 4 is 0 Å². The predicted octanol–water partition coefficient (Wildman–Crippen LogP) is 1.16. The topological polar surface area (TPSA) is 21.3 Å². The molecule has 2 bridgehead atoms. The number of fused-ring (bicyclic) bond motifs is 2. The summed E-state index contributed by atoms with van der Waals surface area (Å²) in [7, 11) is 0. The first-order valence-electron chi connectivity index (χ1n) is 4.42. The molecule has 12 heavy (non-hydrogen) atoms. The van der Waals surface area contributed by atoms with Gasteiger partial charge in [0.15, 0.2) is 0 Å². The predicted molar refractivity (Wildman–Crippen MR) is 40.3 cm³/mol. The standard InChI is InChI=1S/C8H13F2NO/c9-8(10)4-11-6-3-5-1-2-7(6)12-5/h5-8,11H,1-4H2. The zero-order valence-electron chi connectivity index (χ0n) is 6.80. The summed E-state index contributed by atoms with van der Waals surface area (Å²) in [5.74, 6) is 0. The maximum atomic E-state index is 11.8. The summed E-state index contributed by atoms with van der Waals surface area (Å²) in [5, 5.41) is 2.84. The summed E-state index contributed by atoms with van der Waals surface area (Å²) < 4.78 is 29.2. The number of nitrogens with one attached hydrogen (secondary N) is 1. The van der Waals surface area contributed by atoms with E-state index in [1.807, 2.05) is 0 Å². The van der Waals surface area contributed by atoms with Crippen molar-refractivity contribution in [3.05, 3.63) is 0 Å². The highest BCUT2D eigenvalue weighted by Gasteiger charge is 2.40. The van der Waals surface area contributed by atoms with Crippen LogP contribution in [0.15, 0.2) is 0 Å². The van der Waals surface area contributed by atoms with Crippen LogP contribution >= 0.6 is 0 Å². The van der Waals surface area contributed by atoms with E-state index in [1.165, 1.54) is 0 Å². The van der Waals surface area contributed by atoms with Crippen LogP contribution < -0.4 is 5.32 Å². The summed E-state index contributed by atoms with van der Waals surface area (Å²) in [6, 6.07) is 0.178. The molecule has 2 saturated heterocycles. The highest BCUT2D eigenvalue weighted by atomic mass is 19.3. The van der Waals surface area contributed by atoms with Gasteiger partial charge in [0.05, 0.1) is 18.8 Å². The second-order valence-electron chi connectivity index (χ2n) is 3.52. The number of hydrogen-bond donors (Lipinski definition) is 1. The Balaban J connectivity index is 1.76. The van der Waals surface area contributed by atoms with E-state index in [4.69, 9.17) is 4.74 Å². The Morgan fingerprint density at radius 1 is 1.42 bits per heavy atom. The lowest BCUT2D eigenvalue weighted by Gasteiger charge is -2.19. The van der Waals surface area contributed by atoms with Crippen molar-refractivity contribution < 1.29 is 13.5 Å². The molecule has 0 amide bonds. The van der Waals surface area contributed by atoms with E-state index in [0.29, 0.717) is 6.10 Å². The molecule has 3 atom stereocenters. The maximum absolute atomic E-state index is 11.8. The Labute approximate surface area is 70.3 Å². The van der Waals surface area contributed by atoms with Gasteiger partial charge in [-0.05, 0) is 19.3 Å². The minimum atomic E-state index is -2.25. The number of alkyl halides is 2. The fourth-order valence-corrected chi connectivity index (χ4v) is 2.09. The molecular formula is C8H13F2NO. The summed E-state index contributed by atoms with van der Waals surface area (Å²) in [6.45, 7) is -0.197. The largest absolute Gasteiger partial charge is 0.373 e. The molecule has 0 spiro atoms. The summed E-state index contributed by atoms with van der Waals surface area (Å²) in [6.07, 6.45) is 1.35. The molecule has 2 fully saturated rings. The van der Waals surface area contributed by atoms with E-state index in [2.05, 4.69) is 5.32 Å². The fraction of sp³-hybridized carbons (Fsp3) is 1.00. The molecule has 2 heterocycles. The number of hydrogen-bond acceptors (Lipinski definition) is 2. The molecule has 4 heteroatoms. The van der Waals surface area contributed by atoms with Gasteiger partial charge in [0.1, 0.15) is 0 Å². The molecule has 0 aromatic carbocycles. The molecule has 2 aliphatic heterocycles. The Hall–Kier alpha value is -0.220. The van der Waals surface area contributed by atoms with Crippen molar-refractivity contribution in [1.29, 1.82) is 0 Å². The van der Waals surface area contributed by atoms with E-state index < -0.39 is 6.43 Å². The van der Waals surface area contributed by atoms with Crippen LogP contribution in [0, 0.1) is 0 Å². The molecule has 0 aromatic rings. The summed E-state index contributed by atoms with van der Waals surface area (Å²) in [5.41, 5.74) is 0. The lowest BCUT2D eigenvalue weighted by Crippen LogP contribution is -2.39. The van der Waals surface area contributed by atoms with Crippen molar-refractivity contribution in [2.24, 2.45) is 0 Å². The van der Waals surface area contributed by atoms with Gasteiger partial charge in [0.25, 0.3) is 6.43 Å². The molecule has 0 aliphatic carbocycles. The first-order valence-corrected chi connectivity index (χ1v) is 4.42. The fourth-order valence-electron chi connectivity index (χ4n) is 2.09. The van der Waals surface area contributed by atoms with Gasteiger partial charge >= 0.3 is 0 Å². The SMILES string of the molecule is FC(F)CNC1CC2CCC1O2. The second-order valence-corrected chi connectivity index (χ2v) is 3.52. The van der Waals surface area contributed by atoms with Crippen LogP contribution in [0.25, 0.3) is 0 Å². The Kier molecular flexibility index (Phi) is 2.28. The number of halogens is 2. The highest BCUT2D eigenvalue weighted by molar-refractivity contribution is 4.93. The van der Waals surface area contributed by atoms with Gasteiger partial charge in [0, 0.05) is 6.04 Å². The lowest BCUT2D eigenvalue weighted by molar-refractivity contribution is 0.0918. The Morgan fingerprint density at radius 2 is 2.25 bits per heavy atom. The molecule has 2 nitrogen and oxygen atoms in total. The molecule has 3 unspecified atom stereocenters. The molecular weight excluding hydrogens is 164 g/mol. The monoisotopic (exact) mass is 177 g/mol. The van der Waals surface area contributed by atoms with Crippen molar-refractivity contribution in [1.82, 2.24) is 5.32 Å². The molecule has 2 aliphatic rings. The van der Waals surface area contributed by atoms with Crippen LogP contribution in [0.1, 0.15) is 19.3 Å². The summed E-state index contributed by atoms with van der Waals surface area (Å²) in [4.78, 5) is 0. The van der Waals surface area contributed by atoms with Crippen molar-refractivity contribution in [3.8, 4) is 0 Å². The molecule has 2 rings (SSSR count). The molecule has 0 aromatic heterocycles. The van der Waals surface area contributed by atoms with Gasteiger partial charge < -0.3 is 10.1 Å². The summed E-state index contributed by atoms with van der Waals surface area (Å²) >= 11 is 0. The average molecular weight is 177 g/mol. The van der Waals surface area contributed by atoms with Crippen LogP contribution in [0.2, 0.25) is 0 Å². The highest BCUT2D eigenvalue weighted by Crippen LogP contribution is 2.34. The van der Waals surface area contributed by atoms with Crippen LogP contribution in [-0.4, -0.2) is 31.2 Å². The van der Waals surface area contributed by atoms with Crippen LogP contribution in [0.3, 0.4) is 0 Å². The quantitative estimate of drug-likeness (QED) is 0.698. The minimum absolute atomic E-state index is 0.178. The first kappa shape index (κ1) is 8.38. The zero-order valence-corrected chi connectivity index (χ0v) is 6.80. The van der Waals surface area contributed by atoms with Gasteiger partial charge in [-0.3, -0.25) is 0 Å². The molecule has 0 saturated carbocycles. The average Bonchev–Trinajstić information content (AvgIpc) is 2.60. The van der Waals surface area contributed by atoms with Gasteiger partial charge in [-0.25, -0.2) is 8.78 Å². The molecule has 70 valence electrons. The zero-order chi connectivity index (χ0) is 8.55. The van der Waals surface area contributed by atoms with Crippen molar-refractivity contribution in [2.45, 2.75) is 43.9 Å². The smallest absolute Gasteiger partial charge is 0.250 e. The number of rotatable bonds is 3. The van der Waals surface area contributed by atoms with Crippen LogP contribution in [0.4, 0.5) is 8.78 Å². The van der Waals surface area contributed by atoms with Gasteiger partial charge in [-0.15, -0.1) is 0 Å². The van der Waals surface area contributed by atoms with Crippen LogP contribution in [-0.2, 0) is 4.74 Å². The van der Waals surface area contributed by atoms with Crippen molar-refractivity contribution in [2.75, 3.05) is 6.54 Å². The maximum Gasteiger partial charge on any atom is 0.250 e. The van der Waals surface area contributed by atoms with Gasteiger partial charge in [0.2, 0.25) is 0 Å². The second kappa shape index (κ2) is 3.26. The van der Waals surface area contributed by atoms with Gasteiger partial charge in [-0.2, -0.15) is 0 Å². The first-order chi connectivity index (χ1) is 5.75. The van der Waals surface area contributed by atoms with Crippen LogP contribution in [0.5, 0.6) is 0 Å². The van der Waals surface area contributed by atoms with E-state index in [0.717, 1.165) is 19.3 Å². The molecule has 1 N–H and O–H groups in total. The Bertz CT molecular complexity index is 165. The number of ether oxygens (including phenoxy) is 1.